The number of aromatic amines is 1. The van der Waals surface area contributed by atoms with E-state index in [1.165, 1.54) is 0 Å². The van der Waals surface area contributed by atoms with Crippen molar-refractivity contribution in [2.45, 2.75) is 58.0 Å². The summed E-state index contributed by atoms with van der Waals surface area (Å²) in [5.41, 5.74) is 3.60. The number of carbonyl (C=O) groups is 2. The number of H-pyrrole nitrogens is 1. The molecule has 0 amide bonds. The average molecular weight is 411 g/mol. The van der Waals surface area contributed by atoms with E-state index in [1.54, 1.807) is 14.2 Å². The number of Topliss-reactive ketones (excluding diaryl/α,β-unsaturated/α-hetero) is 1. The van der Waals surface area contributed by atoms with Gasteiger partial charge in [0, 0.05) is 17.7 Å². The third-order valence-corrected chi connectivity index (χ3v) is 6.61. The molecule has 2 aliphatic rings. The van der Waals surface area contributed by atoms with Crippen molar-refractivity contribution in [3.05, 3.63) is 46.3 Å². The van der Waals surface area contributed by atoms with Crippen LogP contribution < -0.4 is 9.47 Å². The van der Waals surface area contributed by atoms with Crippen molar-refractivity contribution in [1.29, 1.82) is 0 Å². The molecule has 1 N–H and O–H groups in total. The lowest BCUT2D eigenvalue weighted by Gasteiger charge is -2.23. The minimum absolute atomic E-state index is 0.0154. The maximum Gasteiger partial charge on any atom is 0.355 e. The Morgan fingerprint density at radius 3 is 2.53 bits per heavy atom. The van der Waals surface area contributed by atoms with Gasteiger partial charge in [-0.1, -0.05) is 13.0 Å². The number of hydrogen-bond acceptors (Lipinski definition) is 5. The molecule has 2 aromatic rings. The standard InChI is InChI=1S/C24H29NO5/c1-13-6-5-7-19(13)30-24(27)23-14(2)22-17(25-23)10-16(11-18(22)26)15-8-9-20(28-3)21(12-15)29-4/h8-9,12-13,16,19,25H,5-7,10-11H2,1-4H3/t13-,16+,19-/m1/s1. The van der Waals surface area contributed by atoms with E-state index in [4.69, 9.17) is 14.2 Å². The molecule has 1 aromatic carbocycles. The molecule has 0 spiro atoms. The number of nitrogens with one attached hydrogen (secondary N) is 1. The molecule has 30 heavy (non-hydrogen) atoms. The number of hydrogen-bond donors (Lipinski definition) is 1. The van der Waals surface area contributed by atoms with E-state index in [0.717, 1.165) is 30.5 Å². The van der Waals surface area contributed by atoms with Crippen LogP contribution in [0.1, 0.15) is 76.2 Å². The highest BCUT2D eigenvalue weighted by Gasteiger charge is 2.34. The van der Waals surface area contributed by atoms with Crippen LogP contribution in [0.5, 0.6) is 11.5 Å². The van der Waals surface area contributed by atoms with Gasteiger partial charge in [-0.15, -0.1) is 0 Å². The van der Waals surface area contributed by atoms with Crippen molar-refractivity contribution >= 4 is 11.8 Å². The van der Waals surface area contributed by atoms with Crippen molar-refractivity contribution in [1.82, 2.24) is 4.98 Å². The van der Waals surface area contributed by atoms with Gasteiger partial charge in [0.2, 0.25) is 0 Å². The van der Waals surface area contributed by atoms with Gasteiger partial charge < -0.3 is 19.2 Å². The van der Waals surface area contributed by atoms with Gasteiger partial charge in [0.1, 0.15) is 11.8 Å². The van der Waals surface area contributed by atoms with Crippen LogP contribution in [0, 0.1) is 12.8 Å². The van der Waals surface area contributed by atoms with E-state index in [9.17, 15) is 9.59 Å². The summed E-state index contributed by atoms with van der Waals surface area (Å²) in [7, 11) is 3.20. The van der Waals surface area contributed by atoms with Crippen LogP contribution in [0.3, 0.4) is 0 Å². The fourth-order valence-corrected chi connectivity index (χ4v) is 4.86. The van der Waals surface area contributed by atoms with Gasteiger partial charge in [0.05, 0.1) is 14.2 Å². The van der Waals surface area contributed by atoms with Crippen molar-refractivity contribution < 1.29 is 23.8 Å². The van der Waals surface area contributed by atoms with Gasteiger partial charge in [-0.05, 0) is 67.7 Å². The van der Waals surface area contributed by atoms with Crippen molar-refractivity contribution in [3.8, 4) is 11.5 Å². The van der Waals surface area contributed by atoms with Crippen LogP contribution >= 0.6 is 0 Å². The third kappa shape index (κ3) is 3.59. The highest BCUT2D eigenvalue weighted by atomic mass is 16.5. The second-order valence-corrected chi connectivity index (χ2v) is 8.47. The highest BCUT2D eigenvalue weighted by Crippen LogP contribution is 2.38. The van der Waals surface area contributed by atoms with E-state index in [2.05, 4.69) is 11.9 Å². The summed E-state index contributed by atoms with van der Waals surface area (Å²) < 4.78 is 16.5. The number of esters is 1. The Kier molecular flexibility index (Phi) is 5.58. The molecular weight excluding hydrogens is 382 g/mol. The summed E-state index contributed by atoms with van der Waals surface area (Å²) in [6.45, 7) is 3.95. The van der Waals surface area contributed by atoms with Crippen LogP contribution in [-0.4, -0.2) is 37.1 Å². The van der Waals surface area contributed by atoms with E-state index in [0.29, 0.717) is 47.1 Å². The lowest BCUT2D eigenvalue weighted by Crippen LogP contribution is -2.21. The molecule has 0 aliphatic heterocycles. The Morgan fingerprint density at radius 1 is 1.10 bits per heavy atom. The molecule has 4 rings (SSSR count). The zero-order chi connectivity index (χ0) is 21.4. The number of fused-ring (bicyclic) bond motifs is 1. The van der Waals surface area contributed by atoms with Crippen LogP contribution in [0.15, 0.2) is 18.2 Å². The molecule has 6 nitrogen and oxygen atoms in total. The molecule has 160 valence electrons. The number of carbonyl (C=O) groups excluding carboxylic acids is 2. The third-order valence-electron chi connectivity index (χ3n) is 6.61. The predicted octanol–water partition coefficient (Wildman–Crippen LogP) is 4.60. The molecule has 2 aliphatic carbocycles. The van der Waals surface area contributed by atoms with Crippen molar-refractivity contribution in [3.63, 3.8) is 0 Å². The summed E-state index contributed by atoms with van der Waals surface area (Å²) >= 11 is 0. The van der Waals surface area contributed by atoms with E-state index >= 15 is 0 Å². The monoisotopic (exact) mass is 411 g/mol. The van der Waals surface area contributed by atoms with Crippen LogP contribution in [0.25, 0.3) is 0 Å². The highest BCUT2D eigenvalue weighted by molar-refractivity contribution is 6.03. The summed E-state index contributed by atoms with van der Waals surface area (Å²) in [6.07, 6.45) is 4.11. The fourth-order valence-electron chi connectivity index (χ4n) is 4.86. The maximum absolute atomic E-state index is 13.0. The first kappa shape index (κ1) is 20.5. The molecule has 0 unspecified atom stereocenters. The molecule has 0 saturated heterocycles. The largest absolute Gasteiger partial charge is 0.493 e. The Hall–Kier alpha value is -2.76. The minimum Gasteiger partial charge on any atom is -0.493 e. The molecular formula is C24H29NO5. The summed E-state index contributed by atoms with van der Waals surface area (Å²) in [5.74, 6) is 1.41. The number of ketones is 1. The van der Waals surface area contributed by atoms with Gasteiger partial charge >= 0.3 is 5.97 Å². The molecule has 1 fully saturated rings. The molecule has 1 aromatic heterocycles. The van der Waals surface area contributed by atoms with Crippen LogP contribution in [0.2, 0.25) is 0 Å². The Morgan fingerprint density at radius 2 is 1.87 bits per heavy atom. The second kappa shape index (κ2) is 8.17. The van der Waals surface area contributed by atoms with E-state index < -0.39 is 0 Å². The molecule has 0 bridgehead atoms. The number of rotatable bonds is 5. The zero-order valence-corrected chi connectivity index (χ0v) is 18.0. The molecule has 1 saturated carbocycles. The Bertz CT molecular complexity index is 976. The molecule has 6 heteroatoms. The summed E-state index contributed by atoms with van der Waals surface area (Å²) in [6, 6.07) is 5.75. The van der Waals surface area contributed by atoms with Gasteiger partial charge in [-0.25, -0.2) is 4.79 Å². The number of benzene rings is 1. The topological polar surface area (TPSA) is 77.6 Å². The number of ether oxygens (including phenoxy) is 3. The van der Waals surface area contributed by atoms with Gasteiger partial charge in [0.25, 0.3) is 0 Å². The molecule has 3 atom stereocenters. The lowest BCUT2D eigenvalue weighted by atomic mass is 9.81. The fraction of sp³-hybridized carbons (Fsp3) is 0.500. The maximum atomic E-state index is 13.0. The van der Waals surface area contributed by atoms with Gasteiger partial charge in [0.15, 0.2) is 17.3 Å². The number of methoxy groups -OCH3 is 2. The quantitative estimate of drug-likeness (QED) is 0.728. The first-order valence-corrected chi connectivity index (χ1v) is 10.6. The Balaban J connectivity index is 1.59. The normalized spacial score (nSPS) is 23.2. The first-order chi connectivity index (χ1) is 14.4. The lowest BCUT2D eigenvalue weighted by molar-refractivity contribution is 0.0219. The van der Waals surface area contributed by atoms with Gasteiger partial charge in [-0.3, -0.25) is 4.79 Å². The zero-order valence-electron chi connectivity index (χ0n) is 18.0. The number of aromatic nitrogens is 1. The summed E-state index contributed by atoms with van der Waals surface area (Å²) in [5, 5.41) is 0. The van der Waals surface area contributed by atoms with Crippen molar-refractivity contribution in [2.24, 2.45) is 5.92 Å². The van der Waals surface area contributed by atoms with Crippen LogP contribution in [0.4, 0.5) is 0 Å². The molecule has 0 radical (unpaired) electrons. The van der Waals surface area contributed by atoms with Gasteiger partial charge in [-0.2, -0.15) is 0 Å². The van der Waals surface area contributed by atoms with E-state index in [-0.39, 0.29) is 23.8 Å². The Labute approximate surface area is 176 Å². The van der Waals surface area contributed by atoms with Crippen LogP contribution in [-0.2, 0) is 11.2 Å². The smallest absolute Gasteiger partial charge is 0.355 e. The predicted molar refractivity (Wildman–Crippen MR) is 113 cm³/mol. The first-order valence-electron chi connectivity index (χ1n) is 10.6. The average Bonchev–Trinajstić information content (AvgIpc) is 3.30. The summed E-state index contributed by atoms with van der Waals surface area (Å²) in [4.78, 5) is 29.0. The minimum atomic E-state index is -0.351. The second-order valence-electron chi connectivity index (χ2n) is 8.47. The SMILES string of the molecule is COc1ccc([C@@H]2CC(=O)c3c([nH]c(C(=O)O[C@@H]4CCC[C@H]4C)c3C)C2)cc1OC. The molecule has 1 heterocycles. The van der Waals surface area contributed by atoms with E-state index in [1.807, 2.05) is 25.1 Å². The van der Waals surface area contributed by atoms with Crippen molar-refractivity contribution in [2.75, 3.05) is 14.2 Å².